The fraction of sp³-hybridized carbons (Fsp3) is 0. The Morgan fingerprint density at radius 3 is 3.00 bits per heavy atom. The summed E-state index contributed by atoms with van der Waals surface area (Å²) < 4.78 is 4.71. The maximum atomic E-state index is 4.71. The predicted octanol–water partition coefficient (Wildman–Crippen LogP) is -0.0946. The summed E-state index contributed by atoms with van der Waals surface area (Å²) in [6, 6.07) is 0. The van der Waals surface area contributed by atoms with Gasteiger partial charge in [-0.1, -0.05) is 5.16 Å². The Morgan fingerprint density at radius 1 is 1.40 bits per heavy atom. The van der Waals surface area contributed by atoms with Crippen molar-refractivity contribution in [2.45, 2.75) is 0 Å². The Balaban J connectivity index is 2.36. The Labute approximate surface area is 56.4 Å². The monoisotopic (exact) mass is 135 g/mol. The molecule has 0 atom stereocenters. The van der Waals surface area contributed by atoms with E-state index in [9.17, 15) is 0 Å². The summed E-state index contributed by atoms with van der Waals surface area (Å²) in [5.74, 6) is 0.400. The Morgan fingerprint density at radius 2 is 2.40 bits per heavy atom. The van der Waals surface area contributed by atoms with Gasteiger partial charge in [-0.15, -0.1) is 5.10 Å². The smallest absolute Gasteiger partial charge is 0.278 e. The topological polar surface area (TPSA) is 65.4 Å². The van der Waals surface area contributed by atoms with E-state index in [1.165, 1.54) is 6.33 Å². The van der Waals surface area contributed by atoms with Crippen LogP contribution in [0.5, 0.6) is 0 Å². The molecule has 0 amide bonds. The van der Waals surface area contributed by atoms with Gasteiger partial charge in [-0.05, 0) is 6.08 Å². The van der Waals surface area contributed by atoms with Gasteiger partial charge in [0.15, 0.2) is 12.0 Å². The lowest BCUT2D eigenvalue weighted by atomic mass is 10.4. The molecule has 0 saturated heterocycles. The van der Waals surface area contributed by atoms with Crippen LogP contribution in [-0.4, -0.2) is 15.9 Å². The molecule has 0 unspecified atom stereocenters. The van der Waals surface area contributed by atoms with E-state index >= 15 is 0 Å². The minimum Gasteiger partial charge on any atom is -0.332 e. The van der Waals surface area contributed by atoms with Crippen LogP contribution in [-0.2, 0) is 0 Å². The van der Waals surface area contributed by atoms with Gasteiger partial charge in [0.1, 0.15) is 0 Å². The fourth-order valence-electron chi connectivity index (χ4n) is 0.633. The van der Waals surface area contributed by atoms with Gasteiger partial charge in [-0.25, -0.2) is 0 Å². The molecule has 2 heterocycles. The molecule has 49 valence electrons. The van der Waals surface area contributed by atoms with Crippen molar-refractivity contribution in [2.75, 3.05) is 0 Å². The maximum Gasteiger partial charge on any atom is 0.278 e. The molecule has 0 saturated carbocycles. The van der Waals surface area contributed by atoms with Gasteiger partial charge >= 0.3 is 0 Å². The van der Waals surface area contributed by atoms with Gasteiger partial charge in [0.25, 0.3) is 5.89 Å². The van der Waals surface area contributed by atoms with E-state index in [2.05, 4.69) is 20.7 Å². The van der Waals surface area contributed by atoms with Crippen LogP contribution in [0.4, 0.5) is 0 Å². The lowest BCUT2D eigenvalue weighted by Gasteiger charge is -1.81. The molecule has 1 radical (unpaired) electrons. The van der Waals surface area contributed by atoms with Crippen LogP contribution in [0.3, 0.4) is 0 Å². The van der Waals surface area contributed by atoms with Crippen LogP contribution < -0.4 is 5.43 Å². The lowest BCUT2D eigenvalue weighted by Crippen LogP contribution is -1.93. The van der Waals surface area contributed by atoms with E-state index in [-0.39, 0.29) is 0 Å². The largest absolute Gasteiger partial charge is 0.332 e. The van der Waals surface area contributed by atoms with E-state index in [0.29, 0.717) is 11.6 Å². The van der Waals surface area contributed by atoms with Crippen molar-refractivity contribution < 1.29 is 4.52 Å². The number of nitrogens with zero attached hydrogens (tertiary/aromatic N) is 4. The third-order valence-electron chi connectivity index (χ3n) is 1.04. The molecule has 0 fully saturated rings. The summed E-state index contributed by atoms with van der Waals surface area (Å²) in [6.07, 6.45) is 4.59. The highest BCUT2D eigenvalue weighted by Crippen LogP contribution is 1.99. The first-order chi connectivity index (χ1) is 4.97. The predicted molar refractivity (Wildman–Crippen MR) is 32.1 cm³/mol. The molecule has 1 aromatic heterocycles. The van der Waals surface area contributed by atoms with E-state index in [4.69, 9.17) is 4.52 Å². The summed E-state index contributed by atoms with van der Waals surface area (Å²) in [6.45, 7) is 0. The molecule has 1 aliphatic heterocycles. The quantitative estimate of drug-likeness (QED) is 0.540. The minimum atomic E-state index is 0.400. The summed E-state index contributed by atoms with van der Waals surface area (Å²) in [5.41, 5.74) is 4.21. The second-order valence-corrected chi connectivity index (χ2v) is 1.66. The van der Waals surface area contributed by atoms with Crippen molar-refractivity contribution in [3.05, 3.63) is 24.5 Å². The summed E-state index contributed by atoms with van der Waals surface area (Å²) in [7, 11) is 0. The van der Waals surface area contributed by atoms with Crippen LogP contribution in [0.2, 0.25) is 0 Å². The minimum absolute atomic E-state index is 0.400. The first-order valence-corrected chi connectivity index (χ1v) is 2.68. The molecule has 5 nitrogen and oxygen atoms in total. The van der Waals surface area contributed by atoms with E-state index < -0.39 is 0 Å². The van der Waals surface area contributed by atoms with E-state index in [1.54, 1.807) is 12.3 Å². The van der Waals surface area contributed by atoms with E-state index in [1.807, 2.05) is 0 Å². The van der Waals surface area contributed by atoms with Crippen molar-refractivity contribution in [3.63, 3.8) is 0 Å². The Hall–Kier alpha value is -1.65. The zero-order chi connectivity index (χ0) is 6.81. The lowest BCUT2D eigenvalue weighted by molar-refractivity contribution is 0.410. The van der Waals surface area contributed by atoms with Crippen LogP contribution >= 0.6 is 0 Å². The van der Waals surface area contributed by atoms with Crippen molar-refractivity contribution in [1.29, 1.82) is 0 Å². The molecule has 1 aromatic rings. The van der Waals surface area contributed by atoms with Crippen LogP contribution in [0, 0.1) is 0 Å². The molecule has 5 heteroatoms. The highest BCUT2D eigenvalue weighted by Gasteiger charge is 2.08. The summed E-state index contributed by atoms with van der Waals surface area (Å²) >= 11 is 0. The van der Waals surface area contributed by atoms with Crippen LogP contribution in [0.15, 0.2) is 28.2 Å². The average molecular weight is 135 g/mol. The number of hydrogen-bond acceptors (Lipinski definition) is 4. The van der Waals surface area contributed by atoms with Crippen molar-refractivity contribution in [3.8, 4) is 0 Å². The van der Waals surface area contributed by atoms with Crippen molar-refractivity contribution >= 4 is 5.71 Å². The molecule has 0 bridgehead atoms. The van der Waals surface area contributed by atoms with Crippen molar-refractivity contribution in [1.82, 2.24) is 15.6 Å². The number of hydrogen-bond donors (Lipinski definition) is 0. The van der Waals surface area contributed by atoms with Gasteiger partial charge in [-0.3, -0.25) is 0 Å². The van der Waals surface area contributed by atoms with Crippen LogP contribution in [0.1, 0.15) is 5.89 Å². The summed E-state index contributed by atoms with van der Waals surface area (Å²) in [5, 5.41) is 7.14. The molecule has 10 heavy (non-hydrogen) atoms. The standard InChI is InChI=1S/C5H3N4O/c1-2-7-9-4(1)5-6-3-8-10-5/h1-3H. The zero-order valence-electron chi connectivity index (χ0n) is 4.93. The highest BCUT2D eigenvalue weighted by molar-refractivity contribution is 6.06. The zero-order valence-corrected chi connectivity index (χ0v) is 4.93. The van der Waals surface area contributed by atoms with Gasteiger partial charge in [0.2, 0.25) is 0 Å². The first kappa shape index (κ1) is 5.16. The Bertz CT molecular complexity index is 274. The normalized spacial score (nSPS) is 15.0. The number of rotatable bonds is 1. The first-order valence-electron chi connectivity index (χ1n) is 2.68. The number of aromatic nitrogens is 2. The van der Waals surface area contributed by atoms with Gasteiger partial charge in [0.05, 0.1) is 6.20 Å². The molecule has 0 spiro atoms. The SMILES string of the molecule is C1=CC(c2ncno2)=N[N]1. The molecular weight excluding hydrogens is 132 g/mol. The van der Waals surface area contributed by atoms with Gasteiger partial charge in [-0.2, -0.15) is 10.4 Å². The molecule has 0 aliphatic carbocycles. The van der Waals surface area contributed by atoms with Gasteiger partial charge < -0.3 is 4.52 Å². The van der Waals surface area contributed by atoms with Crippen LogP contribution in [0.25, 0.3) is 0 Å². The van der Waals surface area contributed by atoms with E-state index in [0.717, 1.165) is 0 Å². The highest BCUT2D eigenvalue weighted by atomic mass is 16.5. The molecule has 0 aromatic carbocycles. The summed E-state index contributed by atoms with van der Waals surface area (Å²) in [4.78, 5) is 3.78. The molecular formula is C5H3N4O. The number of allylic oxidation sites excluding steroid dienone is 1. The third kappa shape index (κ3) is 0.680. The molecule has 0 N–H and O–H groups in total. The van der Waals surface area contributed by atoms with Gasteiger partial charge in [0, 0.05) is 0 Å². The van der Waals surface area contributed by atoms with Crippen molar-refractivity contribution in [2.24, 2.45) is 5.10 Å². The maximum absolute atomic E-state index is 4.71. The molecule has 2 rings (SSSR count). The third-order valence-corrected chi connectivity index (χ3v) is 1.04. The second kappa shape index (κ2) is 1.94. The Kier molecular flexibility index (Phi) is 1.00. The average Bonchev–Trinajstić information content (AvgIpc) is 2.59. The fourth-order valence-corrected chi connectivity index (χ4v) is 0.633. The second-order valence-electron chi connectivity index (χ2n) is 1.66. The molecule has 1 aliphatic rings.